The Kier molecular flexibility index (Phi) is 38.5. The zero-order valence-electron chi connectivity index (χ0n) is 65.3. The average Bonchev–Trinajstić information content (AvgIpc) is 1.30. The lowest BCUT2D eigenvalue weighted by Crippen LogP contribution is -2.23. The van der Waals surface area contributed by atoms with Crippen LogP contribution in [0.3, 0.4) is 0 Å². The summed E-state index contributed by atoms with van der Waals surface area (Å²) < 4.78 is 130. The molecule has 4 aliphatic heterocycles. The molecule has 0 spiro atoms. The number of carboxylic acids is 1. The fraction of sp³-hybridized carbons (Fsp3) is 0.356. The van der Waals surface area contributed by atoms with Gasteiger partial charge in [-0.15, -0.1) is 0 Å². The molecular formula is C87H89F8N3O13S8. The lowest BCUT2D eigenvalue weighted by molar-refractivity contribution is -0.135. The summed E-state index contributed by atoms with van der Waals surface area (Å²) in [7, 11) is 19.9. The highest BCUT2D eigenvalue weighted by Crippen LogP contribution is 2.44. The van der Waals surface area contributed by atoms with E-state index in [0.717, 1.165) is 113 Å². The van der Waals surface area contributed by atoms with E-state index < -0.39 is 88.2 Å². The SMILES string of the molecule is CN(C)C(=O)c1cc(-c2ccc(F)cc2F)ccc1OC(=O)CCCCC1CCSS1.CNC(=O)c1cc(-c2ccc(F)cc2F)ccc1OC(=O)CCCCC1CCSS1.NC(=O)c1cc(-c2ccc(F)cc2F)ccc1OC(=O)CCCCC1CCSS1.O=C(CCCC[C@@H]1CCSS1)Oc1ccc(-c2ccc(F)cc2F)cc1C(=O)O. The smallest absolute Gasteiger partial charge is 0.339 e. The van der Waals surface area contributed by atoms with Gasteiger partial charge in [0.1, 0.15) is 75.1 Å². The van der Waals surface area contributed by atoms with Crippen molar-refractivity contribution in [2.75, 3.05) is 44.2 Å². The average molecular weight is 1790 g/mol. The Morgan fingerprint density at radius 1 is 0.378 bits per heavy atom. The number of nitrogens with one attached hydrogen (secondary N) is 1. The monoisotopic (exact) mass is 1790 g/mol. The van der Waals surface area contributed by atoms with Gasteiger partial charge in [-0.25, -0.2) is 39.9 Å². The second kappa shape index (κ2) is 48.4. The minimum Gasteiger partial charge on any atom is -0.478 e. The summed E-state index contributed by atoms with van der Waals surface area (Å²) in [5, 5.41) is 14.6. The molecule has 4 saturated heterocycles. The van der Waals surface area contributed by atoms with E-state index in [1.54, 1.807) is 26.2 Å². The molecule has 634 valence electrons. The van der Waals surface area contributed by atoms with Crippen LogP contribution >= 0.6 is 86.4 Å². The summed E-state index contributed by atoms with van der Waals surface area (Å²) in [6.45, 7) is 0. The van der Waals surface area contributed by atoms with Gasteiger partial charge in [-0.2, -0.15) is 0 Å². The standard InChI is InChI=1S/C23H25F2NO3S2.C22H23F2NO3S2.C21H21F2NO3S2.C21H20F2O4S2/c1-26(2)23(28)19-13-15(18-9-8-16(24)14-20(18)25)7-10-21(19)29-22(27)6-4-3-5-17-11-12-30-31-17;1-25-22(27)18-12-14(17-8-7-15(23)13-19(17)24)6-9-20(18)28-21(26)5-3-2-4-16-10-11-29-30-16;22-14-6-7-16(18(23)12-14)13-5-8-19(17(11-13)21(24)26)27-20(25)4-2-1-3-15-9-10-28-29-15;22-14-6-7-16(18(23)12-14)13-5-8-19(17(11-13)21(25)26)27-20(24)4-2-1-3-15-9-10-28-29-15/h7-10,13-14,17H,3-6,11-12H2,1-2H3;6-9,12-13,16H,2-5,10-11H2,1H3,(H,25,27);5-8,11-12,15H,1-4,9-10H2,(H2,24,26);5-8,11-12,15H,1-4,9-10H2,(H,25,26)/t;;;15-/m...1/s1. The van der Waals surface area contributed by atoms with Gasteiger partial charge in [-0.1, -0.05) is 136 Å². The van der Waals surface area contributed by atoms with Crippen LogP contribution in [-0.4, -0.2) is 123 Å². The minimum atomic E-state index is -1.30. The van der Waals surface area contributed by atoms with E-state index in [2.05, 4.69) is 5.32 Å². The zero-order valence-corrected chi connectivity index (χ0v) is 71.8. The van der Waals surface area contributed by atoms with Crippen LogP contribution in [0, 0.1) is 46.5 Å². The highest BCUT2D eigenvalue weighted by Gasteiger charge is 2.26. The number of primary amides is 1. The van der Waals surface area contributed by atoms with Crippen LogP contribution in [0.4, 0.5) is 35.1 Å². The number of ether oxygens (including phenoxy) is 4. The molecule has 119 heavy (non-hydrogen) atoms. The third-order valence-electron chi connectivity index (χ3n) is 18.9. The number of esters is 4. The van der Waals surface area contributed by atoms with E-state index in [4.69, 9.17) is 24.7 Å². The first-order chi connectivity index (χ1) is 57.2. The molecule has 0 aromatic heterocycles. The van der Waals surface area contributed by atoms with E-state index in [0.29, 0.717) is 50.5 Å². The maximum Gasteiger partial charge on any atom is 0.339 e. The lowest BCUT2D eigenvalue weighted by atomic mass is 10.0. The van der Waals surface area contributed by atoms with Crippen LogP contribution in [0.5, 0.6) is 23.0 Å². The van der Waals surface area contributed by atoms with Gasteiger partial charge in [0.05, 0.1) is 16.7 Å². The van der Waals surface area contributed by atoms with Gasteiger partial charge >= 0.3 is 29.8 Å². The van der Waals surface area contributed by atoms with Gasteiger partial charge < -0.3 is 40.0 Å². The number of carbonyl (C=O) groups excluding carboxylic acids is 7. The third-order valence-corrected chi connectivity index (χ3v) is 31.0. The largest absolute Gasteiger partial charge is 0.478 e. The number of hydrogen-bond donors (Lipinski definition) is 3. The van der Waals surface area contributed by atoms with Crippen LogP contribution in [-0.2, 0) is 19.2 Å². The molecule has 4 atom stereocenters. The molecule has 4 heterocycles. The number of hydrogen-bond acceptors (Lipinski definition) is 20. The van der Waals surface area contributed by atoms with Gasteiger partial charge in [0, 0.05) is 137 Å². The van der Waals surface area contributed by atoms with Crippen molar-refractivity contribution in [3.63, 3.8) is 0 Å². The van der Waals surface area contributed by atoms with Crippen molar-refractivity contribution in [1.82, 2.24) is 10.2 Å². The number of carbonyl (C=O) groups is 8. The Labute approximate surface area is 717 Å². The highest BCUT2D eigenvalue weighted by molar-refractivity contribution is 8.78. The molecule has 32 heteroatoms. The molecular weight excluding hydrogens is 1700 g/mol. The van der Waals surface area contributed by atoms with Gasteiger partial charge in [-0.3, -0.25) is 33.6 Å². The predicted molar refractivity (Wildman–Crippen MR) is 464 cm³/mol. The number of carboxylic acid groups (broad SMARTS) is 1. The van der Waals surface area contributed by atoms with Crippen LogP contribution in [0.1, 0.15) is 170 Å². The van der Waals surface area contributed by atoms with Crippen molar-refractivity contribution in [2.45, 2.75) is 149 Å². The first-order valence-corrected chi connectivity index (χ1v) is 48.0. The van der Waals surface area contributed by atoms with Crippen LogP contribution < -0.4 is 30.0 Å². The summed E-state index contributed by atoms with van der Waals surface area (Å²) in [5.41, 5.74) is 7.27. The minimum absolute atomic E-state index is 0.0287. The molecule has 4 aliphatic rings. The number of amides is 3. The number of unbranched alkanes of at least 4 members (excludes halogenated alkanes) is 4. The molecule has 3 unspecified atom stereocenters. The maximum atomic E-state index is 14.2. The Hall–Kier alpha value is -8.24. The Morgan fingerprint density at radius 3 is 0.908 bits per heavy atom. The fourth-order valence-corrected chi connectivity index (χ4v) is 24.7. The molecule has 8 aromatic rings. The molecule has 3 amide bonds. The van der Waals surface area contributed by atoms with Gasteiger partial charge in [0.2, 0.25) is 0 Å². The van der Waals surface area contributed by atoms with Gasteiger partial charge in [0.15, 0.2) is 0 Å². The van der Waals surface area contributed by atoms with Crippen molar-refractivity contribution in [1.29, 1.82) is 0 Å². The normalized spacial score (nSPS) is 15.9. The third kappa shape index (κ3) is 30.1. The molecule has 12 rings (SSSR count). The summed E-state index contributed by atoms with van der Waals surface area (Å²) in [6, 6.07) is 29.9. The molecule has 0 aliphatic carbocycles. The summed E-state index contributed by atoms with van der Waals surface area (Å²) >= 11 is 0. The number of nitrogens with zero attached hydrogens (tertiary/aromatic N) is 1. The molecule has 4 fully saturated rings. The maximum absolute atomic E-state index is 14.2. The van der Waals surface area contributed by atoms with Crippen LogP contribution in [0.25, 0.3) is 44.5 Å². The van der Waals surface area contributed by atoms with E-state index in [1.807, 2.05) is 86.4 Å². The molecule has 4 N–H and O–H groups in total. The van der Waals surface area contributed by atoms with Gasteiger partial charge in [0.25, 0.3) is 17.7 Å². The number of nitrogens with two attached hydrogens (primary N) is 1. The second-order valence-corrected chi connectivity index (χ2v) is 39.1. The summed E-state index contributed by atoms with van der Waals surface area (Å²) in [6.07, 6.45) is 16.8. The van der Waals surface area contributed by atoms with E-state index in [-0.39, 0.29) is 105 Å². The number of rotatable bonds is 32. The number of benzene rings is 8. The molecule has 8 aromatic carbocycles. The van der Waals surface area contributed by atoms with E-state index >= 15 is 0 Å². The zero-order chi connectivity index (χ0) is 85.5. The first kappa shape index (κ1) is 94.6. The molecule has 0 radical (unpaired) electrons. The number of halogens is 8. The Morgan fingerprint density at radius 2 is 0.647 bits per heavy atom. The van der Waals surface area contributed by atoms with E-state index in [1.165, 1.54) is 146 Å². The molecule has 16 nitrogen and oxygen atoms in total. The topological polar surface area (TPSA) is 235 Å². The highest BCUT2D eigenvalue weighted by atomic mass is 33.1. The van der Waals surface area contributed by atoms with Crippen LogP contribution in [0.2, 0.25) is 0 Å². The first-order valence-electron chi connectivity index (χ1n) is 38.5. The van der Waals surface area contributed by atoms with Crippen LogP contribution in [0.15, 0.2) is 146 Å². The van der Waals surface area contributed by atoms with Crippen molar-refractivity contribution in [3.05, 3.63) is 214 Å². The molecule has 0 saturated carbocycles. The quantitative estimate of drug-likeness (QED) is 0.0117. The predicted octanol–water partition coefficient (Wildman–Crippen LogP) is 22.9. The summed E-state index contributed by atoms with van der Waals surface area (Å²) in [4.78, 5) is 98.5. The Balaban J connectivity index is 0.000000181. The fourth-order valence-electron chi connectivity index (χ4n) is 12.6. The van der Waals surface area contributed by atoms with Crippen molar-refractivity contribution in [2.24, 2.45) is 5.73 Å². The van der Waals surface area contributed by atoms with Gasteiger partial charge in [-0.05, 0) is 196 Å². The lowest BCUT2D eigenvalue weighted by Gasteiger charge is -2.16. The Bertz CT molecular complexity index is 4710. The van der Waals surface area contributed by atoms with E-state index in [9.17, 15) is 78.6 Å². The van der Waals surface area contributed by atoms with Crippen molar-refractivity contribution >= 4 is 134 Å². The molecule has 0 bridgehead atoms. The summed E-state index contributed by atoms with van der Waals surface area (Å²) in [5.74, 6) is -5.53. The second-order valence-electron chi connectivity index (χ2n) is 28.0. The van der Waals surface area contributed by atoms with Crippen molar-refractivity contribution in [3.8, 4) is 67.5 Å². The van der Waals surface area contributed by atoms with Crippen molar-refractivity contribution < 1.29 is 97.5 Å². The number of aromatic carboxylic acids is 1.